The lowest BCUT2D eigenvalue weighted by atomic mass is 10.2. The van der Waals surface area contributed by atoms with Crippen LogP contribution in [-0.2, 0) is 0 Å². The maximum Gasteiger partial charge on any atom is 0.165 e. The minimum Gasteiger partial charge on any atom is -0.282 e. The van der Waals surface area contributed by atoms with Crippen LogP contribution in [0, 0.1) is 0 Å². The van der Waals surface area contributed by atoms with E-state index in [-0.39, 0.29) is 0 Å². The number of benzene rings is 3. The molecule has 0 bridgehead atoms. The molecule has 3 nitrogen and oxygen atoms in total. The number of hydroxylamine groups is 1. The Labute approximate surface area is 140 Å². The van der Waals surface area contributed by atoms with Crippen LogP contribution in [0.1, 0.15) is 5.56 Å². The molecule has 1 N–H and O–H groups in total. The average Bonchev–Trinajstić information content (AvgIpc) is 2.62. The van der Waals surface area contributed by atoms with Gasteiger partial charge < -0.3 is 0 Å². The van der Waals surface area contributed by atoms with Crippen LogP contribution in [-0.4, -0.2) is 11.0 Å². The first-order chi connectivity index (χ1) is 11.2. The van der Waals surface area contributed by atoms with Crippen LogP contribution in [0.25, 0.3) is 0 Å². The first kappa shape index (κ1) is 15.3. The van der Waals surface area contributed by atoms with E-state index in [9.17, 15) is 5.21 Å². The summed E-state index contributed by atoms with van der Waals surface area (Å²) in [6.07, 6.45) is 0. The molecule has 23 heavy (non-hydrogen) atoms. The summed E-state index contributed by atoms with van der Waals surface area (Å²) in [7, 11) is 0. The number of para-hydroxylation sites is 2. The number of anilines is 1. The molecule has 3 rings (SSSR count). The molecule has 0 saturated carbocycles. The summed E-state index contributed by atoms with van der Waals surface area (Å²) in [5.41, 5.74) is 2.16. The van der Waals surface area contributed by atoms with Crippen molar-refractivity contribution in [1.82, 2.24) is 0 Å². The van der Waals surface area contributed by atoms with E-state index in [1.54, 1.807) is 12.1 Å². The van der Waals surface area contributed by atoms with Crippen molar-refractivity contribution < 1.29 is 5.21 Å². The van der Waals surface area contributed by atoms with E-state index in [2.05, 4.69) is 4.99 Å². The highest BCUT2D eigenvalue weighted by Crippen LogP contribution is 2.20. The maximum atomic E-state index is 10.6. The summed E-state index contributed by atoms with van der Waals surface area (Å²) in [5.74, 6) is 0.430. The van der Waals surface area contributed by atoms with Gasteiger partial charge in [-0.25, -0.2) is 10.1 Å². The molecule has 0 unspecified atom stereocenters. The predicted octanol–water partition coefficient (Wildman–Crippen LogP) is 5.31. The quantitative estimate of drug-likeness (QED) is 0.403. The van der Waals surface area contributed by atoms with Crippen molar-refractivity contribution in [3.05, 3.63) is 95.5 Å². The lowest BCUT2D eigenvalue weighted by molar-refractivity contribution is 0.313. The van der Waals surface area contributed by atoms with Gasteiger partial charge in [-0.2, -0.15) is 0 Å². The molecule has 114 valence electrons. The van der Waals surface area contributed by atoms with Crippen molar-refractivity contribution in [1.29, 1.82) is 0 Å². The summed E-state index contributed by atoms with van der Waals surface area (Å²) < 4.78 is 0. The molecule has 0 atom stereocenters. The Kier molecular flexibility index (Phi) is 4.71. The summed E-state index contributed by atoms with van der Waals surface area (Å²) in [6.45, 7) is 0. The van der Waals surface area contributed by atoms with E-state index in [0.717, 1.165) is 16.3 Å². The van der Waals surface area contributed by atoms with Crippen LogP contribution in [0.3, 0.4) is 0 Å². The second-order valence-electron chi connectivity index (χ2n) is 4.93. The molecule has 0 radical (unpaired) electrons. The number of aliphatic imine (C=N–C) groups is 1. The van der Waals surface area contributed by atoms with E-state index in [0.29, 0.717) is 16.5 Å². The van der Waals surface area contributed by atoms with Crippen LogP contribution >= 0.6 is 11.6 Å². The monoisotopic (exact) mass is 322 g/mol. The number of hydrogen-bond acceptors (Lipinski definition) is 2. The van der Waals surface area contributed by atoms with Crippen molar-refractivity contribution >= 4 is 28.8 Å². The second kappa shape index (κ2) is 7.09. The zero-order valence-corrected chi connectivity index (χ0v) is 13.1. The largest absolute Gasteiger partial charge is 0.282 e. The van der Waals surface area contributed by atoms with Gasteiger partial charge in [-0.15, -0.1) is 0 Å². The van der Waals surface area contributed by atoms with Gasteiger partial charge in [0, 0.05) is 10.6 Å². The number of nitrogens with zero attached hydrogens (tertiary/aromatic N) is 2. The topological polar surface area (TPSA) is 35.8 Å². The maximum absolute atomic E-state index is 10.6. The molecule has 0 aliphatic rings. The second-order valence-corrected chi connectivity index (χ2v) is 5.36. The fraction of sp³-hybridized carbons (Fsp3) is 0. The highest BCUT2D eigenvalue weighted by Gasteiger charge is 2.14. The molecular formula is C19H15ClN2O. The smallest absolute Gasteiger partial charge is 0.165 e. The van der Waals surface area contributed by atoms with E-state index >= 15 is 0 Å². The van der Waals surface area contributed by atoms with Crippen LogP contribution in [0.4, 0.5) is 11.4 Å². The predicted molar refractivity (Wildman–Crippen MR) is 94.8 cm³/mol. The third-order valence-electron chi connectivity index (χ3n) is 3.30. The highest BCUT2D eigenvalue weighted by atomic mass is 35.5. The van der Waals surface area contributed by atoms with Crippen molar-refractivity contribution in [3.63, 3.8) is 0 Å². The SMILES string of the molecule is ON(C(=Nc1ccccc1)c1ccc(Cl)cc1)c1ccccc1. The molecule has 0 aliphatic carbocycles. The molecule has 3 aromatic rings. The van der Waals surface area contributed by atoms with Crippen molar-refractivity contribution in [3.8, 4) is 0 Å². The Hall–Kier alpha value is -2.62. The van der Waals surface area contributed by atoms with Crippen LogP contribution in [0.5, 0.6) is 0 Å². The van der Waals surface area contributed by atoms with E-state index < -0.39 is 0 Å². The van der Waals surface area contributed by atoms with Gasteiger partial charge in [0.2, 0.25) is 0 Å². The van der Waals surface area contributed by atoms with E-state index in [1.807, 2.05) is 72.8 Å². The molecule has 0 spiro atoms. The lowest BCUT2D eigenvalue weighted by Crippen LogP contribution is -2.27. The standard InChI is InChI=1S/C19H15ClN2O/c20-16-13-11-15(12-14-16)19(21-17-7-3-1-4-8-17)22(23)18-9-5-2-6-10-18/h1-14,23H. The number of hydrogen-bond donors (Lipinski definition) is 1. The summed E-state index contributed by atoms with van der Waals surface area (Å²) in [6, 6.07) is 26.0. The van der Waals surface area contributed by atoms with Crippen LogP contribution < -0.4 is 5.06 Å². The third kappa shape index (κ3) is 3.77. The van der Waals surface area contributed by atoms with Gasteiger partial charge in [-0.1, -0.05) is 48.0 Å². The van der Waals surface area contributed by atoms with Crippen LogP contribution in [0.15, 0.2) is 89.9 Å². The Morgan fingerprint density at radius 3 is 1.96 bits per heavy atom. The number of halogens is 1. The highest BCUT2D eigenvalue weighted by molar-refractivity contribution is 6.30. The summed E-state index contributed by atoms with van der Waals surface area (Å²) in [4.78, 5) is 4.58. The lowest BCUT2D eigenvalue weighted by Gasteiger charge is -2.19. The third-order valence-corrected chi connectivity index (χ3v) is 3.55. The van der Waals surface area contributed by atoms with Crippen molar-refractivity contribution in [2.45, 2.75) is 0 Å². The van der Waals surface area contributed by atoms with Gasteiger partial charge in [0.1, 0.15) is 0 Å². The minimum atomic E-state index is 0.430. The Balaban J connectivity index is 2.06. The molecule has 0 amide bonds. The molecule has 0 aliphatic heterocycles. The summed E-state index contributed by atoms with van der Waals surface area (Å²) >= 11 is 5.96. The van der Waals surface area contributed by atoms with Gasteiger partial charge in [-0.05, 0) is 48.5 Å². The summed E-state index contributed by atoms with van der Waals surface area (Å²) in [5, 5.41) is 12.3. The number of rotatable bonds is 3. The normalized spacial score (nSPS) is 11.3. The fourth-order valence-electron chi connectivity index (χ4n) is 2.15. The van der Waals surface area contributed by atoms with Gasteiger partial charge in [0.25, 0.3) is 0 Å². The molecule has 3 aromatic carbocycles. The zero-order chi connectivity index (χ0) is 16.1. The Morgan fingerprint density at radius 2 is 1.35 bits per heavy atom. The molecule has 0 saturated heterocycles. The molecular weight excluding hydrogens is 308 g/mol. The van der Waals surface area contributed by atoms with Gasteiger partial charge >= 0.3 is 0 Å². The zero-order valence-electron chi connectivity index (χ0n) is 12.3. The van der Waals surface area contributed by atoms with Gasteiger partial charge in [0.15, 0.2) is 5.84 Å². The average molecular weight is 323 g/mol. The van der Waals surface area contributed by atoms with Gasteiger partial charge in [-0.3, -0.25) is 5.21 Å². The van der Waals surface area contributed by atoms with Crippen molar-refractivity contribution in [2.75, 3.05) is 5.06 Å². The minimum absolute atomic E-state index is 0.430. The number of amidine groups is 1. The Bertz CT molecular complexity index is 787. The van der Waals surface area contributed by atoms with Crippen LogP contribution in [0.2, 0.25) is 5.02 Å². The van der Waals surface area contributed by atoms with Crippen molar-refractivity contribution in [2.24, 2.45) is 4.99 Å². The van der Waals surface area contributed by atoms with Gasteiger partial charge in [0.05, 0.1) is 11.4 Å². The Morgan fingerprint density at radius 1 is 0.783 bits per heavy atom. The molecule has 0 fully saturated rings. The molecule has 4 heteroatoms. The molecule has 0 aromatic heterocycles. The molecule has 0 heterocycles. The van der Waals surface area contributed by atoms with E-state index in [1.165, 1.54) is 0 Å². The first-order valence-electron chi connectivity index (χ1n) is 7.18. The van der Waals surface area contributed by atoms with E-state index in [4.69, 9.17) is 11.6 Å². The first-order valence-corrected chi connectivity index (χ1v) is 7.55. The fourth-order valence-corrected chi connectivity index (χ4v) is 2.28.